The van der Waals surface area contributed by atoms with Gasteiger partial charge in [0.2, 0.25) is 5.91 Å². The molecule has 8 nitrogen and oxygen atoms in total. The molecule has 2 aromatic rings. The molecule has 3 rings (SSSR count). The molecule has 0 atom stereocenters. The van der Waals surface area contributed by atoms with E-state index in [0.29, 0.717) is 23.7 Å². The topological polar surface area (TPSA) is 100 Å². The van der Waals surface area contributed by atoms with Gasteiger partial charge in [-0.1, -0.05) is 41.9 Å². The van der Waals surface area contributed by atoms with Gasteiger partial charge in [0.1, 0.15) is 18.3 Å². The number of aliphatic imine (C=N–C) groups is 1. The number of hydrogen-bond acceptors (Lipinski definition) is 7. The third kappa shape index (κ3) is 7.01. The van der Waals surface area contributed by atoms with Crippen molar-refractivity contribution < 1.29 is 17.9 Å². The zero-order valence-electron chi connectivity index (χ0n) is 18.8. The largest absolute Gasteiger partial charge is 0.370 e. The van der Waals surface area contributed by atoms with E-state index in [1.54, 1.807) is 31.0 Å². The highest BCUT2D eigenvalue weighted by atomic mass is 35.5. The lowest BCUT2D eigenvalue weighted by Gasteiger charge is -2.17. The molecule has 33 heavy (non-hydrogen) atoms. The first kappa shape index (κ1) is 25.2. The van der Waals surface area contributed by atoms with Crippen LogP contribution in [0.3, 0.4) is 0 Å². The number of benzene rings is 2. The number of halogens is 1. The summed E-state index contributed by atoms with van der Waals surface area (Å²) in [7, 11) is -1.79. The van der Waals surface area contributed by atoms with Crippen molar-refractivity contribution in [1.82, 2.24) is 15.5 Å². The Labute approximate surface area is 199 Å². The Balaban J connectivity index is 1.35. The van der Waals surface area contributed by atoms with Crippen LogP contribution in [0.2, 0.25) is 5.02 Å². The van der Waals surface area contributed by atoms with Crippen LogP contribution in [0.15, 0.2) is 52.4 Å². The van der Waals surface area contributed by atoms with E-state index in [4.69, 9.17) is 16.3 Å². The molecule has 0 bridgehead atoms. The summed E-state index contributed by atoms with van der Waals surface area (Å²) in [6, 6.07) is 12.8. The van der Waals surface area contributed by atoms with E-state index in [1.165, 1.54) is 6.07 Å². The molecule has 1 heterocycles. The number of sulfone groups is 1. The maximum Gasteiger partial charge on any atom is 0.248 e. The van der Waals surface area contributed by atoms with Crippen molar-refractivity contribution in [3.05, 3.63) is 64.2 Å². The molecular weight excluding hydrogens is 464 g/mol. The lowest BCUT2D eigenvalue weighted by molar-refractivity contribution is -0.135. The van der Waals surface area contributed by atoms with Crippen molar-refractivity contribution in [2.24, 2.45) is 4.99 Å². The van der Waals surface area contributed by atoms with E-state index in [0.717, 1.165) is 30.1 Å². The fourth-order valence-corrected chi connectivity index (χ4v) is 5.01. The summed E-state index contributed by atoms with van der Waals surface area (Å²) in [4.78, 5) is 18.5. The minimum absolute atomic E-state index is 0.0723. The number of rotatable bonds is 11. The standard InChI is InChI=1S/C23H29ClN4O4S/c1-17-20(24)4-3-5-21(17)33(30,31)16-25-12-13-32-15-22(29)28(2)14-18-6-8-19(9-7-18)23-26-10-11-27-23/h3-9,25H,10-16H2,1-2H3,(H,26,27). The maximum absolute atomic E-state index is 12.5. The highest BCUT2D eigenvalue weighted by molar-refractivity contribution is 7.91. The number of likely N-dealkylation sites (N-methyl/N-ethyl adjacent to an activating group) is 1. The molecule has 0 saturated carbocycles. The molecule has 1 aliphatic heterocycles. The summed E-state index contributed by atoms with van der Waals surface area (Å²) >= 11 is 6.01. The average molecular weight is 493 g/mol. The Morgan fingerprint density at radius 1 is 1.24 bits per heavy atom. The van der Waals surface area contributed by atoms with Gasteiger partial charge in [0, 0.05) is 37.3 Å². The number of hydrogen-bond donors (Lipinski definition) is 2. The van der Waals surface area contributed by atoms with Gasteiger partial charge in [-0.2, -0.15) is 0 Å². The van der Waals surface area contributed by atoms with Gasteiger partial charge >= 0.3 is 0 Å². The summed E-state index contributed by atoms with van der Waals surface area (Å²) in [5.41, 5.74) is 2.58. The molecule has 2 N–H and O–H groups in total. The normalized spacial score (nSPS) is 13.5. The molecule has 0 spiro atoms. The maximum atomic E-state index is 12.5. The van der Waals surface area contributed by atoms with Crippen LogP contribution in [-0.2, 0) is 25.9 Å². The predicted octanol–water partition coefficient (Wildman–Crippen LogP) is 1.99. The van der Waals surface area contributed by atoms with Gasteiger partial charge in [-0.15, -0.1) is 0 Å². The van der Waals surface area contributed by atoms with Crippen molar-refractivity contribution in [1.29, 1.82) is 0 Å². The average Bonchev–Trinajstić information content (AvgIpc) is 3.33. The van der Waals surface area contributed by atoms with E-state index in [-0.39, 0.29) is 29.9 Å². The summed E-state index contributed by atoms with van der Waals surface area (Å²) < 4.78 is 30.4. The molecule has 10 heteroatoms. The van der Waals surface area contributed by atoms with Crippen molar-refractivity contribution in [3.63, 3.8) is 0 Å². The summed E-state index contributed by atoms with van der Waals surface area (Å²) in [5.74, 6) is 0.523. The zero-order valence-corrected chi connectivity index (χ0v) is 20.4. The second kappa shape index (κ2) is 11.6. The molecular formula is C23H29ClN4O4S. The zero-order chi connectivity index (χ0) is 23.8. The molecule has 1 amide bonds. The summed E-state index contributed by atoms with van der Waals surface area (Å²) in [5, 5.41) is 6.50. The van der Waals surface area contributed by atoms with Crippen molar-refractivity contribution in [2.75, 3.05) is 45.8 Å². The van der Waals surface area contributed by atoms with Gasteiger partial charge in [0.25, 0.3) is 0 Å². The first-order chi connectivity index (χ1) is 15.8. The Hall–Kier alpha value is -2.46. The molecule has 0 aromatic heterocycles. The molecule has 0 unspecified atom stereocenters. The van der Waals surface area contributed by atoms with Crippen LogP contribution in [0.4, 0.5) is 0 Å². The van der Waals surface area contributed by atoms with Crippen molar-refractivity contribution >= 4 is 33.2 Å². The Morgan fingerprint density at radius 3 is 2.70 bits per heavy atom. The predicted molar refractivity (Wildman–Crippen MR) is 129 cm³/mol. The highest BCUT2D eigenvalue weighted by Crippen LogP contribution is 2.23. The van der Waals surface area contributed by atoms with Crippen LogP contribution < -0.4 is 10.6 Å². The van der Waals surface area contributed by atoms with Gasteiger partial charge in [-0.25, -0.2) is 8.42 Å². The number of carbonyl (C=O) groups is 1. The van der Waals surface area contributed by atoms with Crippen LogP contribution in [-0.4, -0.2) is 70.8 Å². The number of nitrogens with zero attached hydrogens (tertiary/aromatic N) is 2. The number of carbonyl (C=O) groups excluding carboxylic acids is 1. The molecule has 0 saturated heterocycles. The Morgan fingerprint density at radius 2 is 2.00 bits per heavy atom. The van der Waals surface area contributed by atoms with E-state index >= 15 is 0 Å². The van der Waals surface area contributed by atoms with E-state index in [2.05, 4.69) is 15.6 Å². The third-order valence-electron chi connectivity index (χ3n) is 5.24. The minimum atomic E-state index is -3.51. The first-order valence-corrected chi connectivity index (χ1v) is 12.7. The van der Waals surface area contributed by atoms with E-state index < -0.39 is 9.84 Å². The van der Waals surface area contributed by atoms with E-state index in [9.17, 15) is 13.2 Å². The first-order valence-electron chi connectivity index (χ1n) is 10.7. The molecule has 0 aliphatic carbocycles. The van der Waals surface area contributed by atoms with Gasteiger partial charge in [-0.05, 0) is 30.2 Å². The van der Waals surface area contributed by atoms with Gasteiger partial charge in [-0.3, -0.25) is 9.79 Å². The summed E-state index contributed by atoms with van der Waals surface area (Å²) in [6.45, 7) is 4.25. The van der Waals surface area contributed by atoms with Crippen LogP contribution in [0.25, 0.3) is 0 Å². The number of nitrogens with one attached hydrogen (secondary N) is 2. The van der Waals surface area contributed by atoms with Crippen LogP contribution in [0, 0.1) is 6.92 Å². The molecule has 0 radical (unpaired) electrons. The van der Waals surface area contributed by atoms with Gasteiger partial charge in [0.15, 0.2) is 9.84 Å². The Kier molecular flexibility index (Phi) is 8.85. The van der Waals surface area contributed by atoms with Gasteiger partial charge < -0.3 is 20.3 Å². The fourth-order valence-electron chi connectivity index (χ4n) is 3.34. The minimum Gasteiger partial charge on any atom is -0.370 e. The van der Waals surface area contributed by atoms with E-state index in [1.807, 2.05) is 24.3 Å². The smallest absolute Gasteiger partial charge is 0.248 e. The molecule has 0 fully saturated rings. The summed E-state index contributed by atoms with van der Waals surface area (Å²) in [6.07, 6.45) is 0. The SMILES string of the molecule is Cc1c(Cl)cccc1S(=O)(=O)CNCCOCC(=O)N(C)Cc1ccc(C2=NCCN2)cc1. The van der Waals surface area contributed by atoms with Crippen molar-refractivity contribution in [3.8, 4) is 0 Å². The molecule has 178 valence electrons. The van der Waals surface area contributed by atoms with Crippen molar-refractivity contribution in [2.45, 2.75) is 18.4 Å². The lowest BCUT2D eigenvalue weighted by Crippen LogP contribution is -2.32. The van der Waals surface area contributed by atoms with Crippen LogP contribution >= 0.6 is 11.6 Å². The second-order valence-electron chi connectivity index (χ2n) is 7.78. The quantitative estimate of drug-likeness (QED) is 0.465. The number of amidine groups is 1. The second-order valence-corrected chi connectivity index (χ2v) is 10.1. The number of ether oxygens (including phenoxy) is 1. The van der Waals surface area contributed by atoms with Gasteiger partial charge in [0.05, 0.1) is 18.0 Å². The van der Waals surface area contributed by atoms with Crippen LogP contribution in [0.5, 0.6) is 0 Å². The Bertz CT molecular complexity index is 1100. The fraction of sp³-hybridized carbons (Fsp3) is 0.391. The molecule has 1 aliphatic rings. The highest BCUT2D eigenvalue weighted by Gasteiger charge is 2.18. The monoisotopic (exact) mass is 492 g/mol. The number of amides is 1. The third-order valence-corrected chi connectivity index (χ3v) is 7.35. The van der Waals surface area contributed by atoms with Crippen LogP contribution in [0.1, 0.15) is 16.7 Å². The lowest BCUT2D eigenvalue weighted by atomic mass is 10.1. The molecule has 2 aromatic carbocycles.